The van der Waals surface area contributed by atoms with Gasteiger partial charge < -0.3 is 9.80 Å². The molecular weight excluding hydrogens is 579 g/mol. The summed E-state index contributed by atoms with van der Waals surface area (Å²) in [5.41, 5.74) is 0. The van der Waals surface area contributed by atoms with Gasteiger partial charge in [-0.05, 0) is 60.9 Å². The number of rotatable bonds is 7. The van der Waals surface area contributed by atoms with Crippen LogP contribution in [0.4, 0.5) is 14.6 Å². The lowest BCUT2D eigenvalue weighted by Gasteiger charge is -2.31. The molecule has 0 N–H and O–H groups in total. The number of anilines is 1. The zero-order valence-electron chi connectivity index (χ0n) is 19.0. The molecule has 34 heavy (non-hydrogen) atoms. The quantitative estimate of drug-likeness (QED) is 0.347. The topological polar surface area (TPSA) is 107 Å². The lowest BCUT2D eigenvalue weighted by atomic mass is 9.90. The summed E-state index contributed by atoms with van der Waals surface area (Å²) in [6.07, 6.45) is 5.59. The Kier molecular flexibility index (Phi) is 7.96. The minimum absolute atomic E-state index is 0.0709. The van der Waals surface area contributed by atoms with Gasteiger partial charge in [0.2, 0.25) is 11.7 Å². The average Bonchev–Trinajstić information content (AvgIpc) is 3.25. The first kappa shape index (κ1) is 26.5. The number of hydrogen-bond donors (Lipinski definition) is 0. The molecule has 3 rings (SSSR count). The monoisotopic (exact) mass is 605 g/mol. The predicted octanol–water partition coefficient (Wildman–Crippen LogP) is 3.31. The number of carbonyl (C=O) groups is 1. The summed E-state index contributed by atoms with van der Waals surface area (Å²) in [4.78, 5) is 24.1. The molecule has 1 fully saturated rings. The van der Waals surface area contributed by atoms with Crippen molar-refractivity contribution in [3.63, 3.8) is 0 Å². The second-order valence-corrected chi connectivity index (χ2v) is 11.9. The number of hydrogen-bond acceptors (Lipinski definition) is 7. The molecular formula is C22H26F2IN5O3S. The van der Waals surface area contributed by atoms with Crippen LogP contribution in [0.3, 0.4) is 0 Å². The first-order valence-corrected chi connectivity index (χ1v) is 13.6. The van der Waals surface area contributed by atoms with Crippen molar-refractivity contribution < 1.29 is 22.0 Å². The number of nitrogens with zero attached hydrogens (tertiary/aromatic N) is 5. The number of nitriles is 1. The van der Waals surface area contributed by atoms with Crippen LogP contribution < -0.4 is 4.90 Å². The highest BCUT2D eigenvalue weighted by Crippen LogP contribution is 2.47. The van der Waals surface area contributed by atoms with Crippen LogP contribution >= 0.6 is 22.6 Å². The fraction of sp³-hybridized carbons (Fsp3) is 0.545. The van der Waals surface area contributed by atoms with Crippen molar-refractivity contribution in [2.45, 2.75) is 42.4 Å². The highest BCUT2D eigenvalue weighted by molar-refractivity contribution is 14.1. The van der Waals surface area contributed by atoms with Crippen molar-refractivity contribution in [1.29, 1.82) is 5.26 Å². The van der Waals surface area contributed by atoms with E-state index in [0.29, 0.717) is 13.1 Å². The van der Waals surface area contributed by atoms with E-state index >= 15 is 0 Å². The van der Waals surface area contributed by atoms with E-state index in [1.54, 1.807) is 22.8 Å². The van der Waals surface area contributed by atoms with E-state index in [-0.39, 0.29) is 35.4 Å². The second kappa shape index (κ2) is 10.2. The maximum absolute atomic E-state index is 14.5. The lowest BCUT2D eigenvalue weighted by Crippen LogP contribution is -2.46. The van der Waals surface area contributed by atoms with Crippen LogP contribution in [0.15, 0.2) is 35.4 Å². The van der Waals surface area contributed by atoms with E-state index in [1.165, 1.54) is 24.4 Å². The van der Waals surface area contributed by atoms with E-state index in [4.69, 9.17) is 0 Å². The zero-order valence-corrected chi connectivity index (χ0v) is 22.0. The Bertz CT molecular complexity index is 1140. The van der Waals surface area contributed by atoms with Gasteiger partial charge in [0.25, 0.3) is 0 Å². The minimum Gasteiger partial charge on any atom is -0.343 e. The normalized spacial score (nSPS) is 25.1. The van der Waals surface area contributed by atoms with Gasteiger partial charge in [0.1, 0.15) is 17.9 Å². The Balaban J connectivity index is 2.04. The Labute approximate surface area is 211 Å². The number of halogens is 3. The molecule has 0 spiro atoms. The molecule has 12 heteroatoms. The molecule has 2 aliphatic rings. The van der Waals surface area contributed by atoms with Crippen LogP contribution in [0.25, 0.3) is 0 Å². The summed E-state index contributed by atoms with van der Waals surface area (Å²) in [7, 11) is -4.18. The standard InChI is InChI=1S/C22H26F2IN5O3S/c1-4-29(5-2)21(31)16-11-15(13-30(16)19-9-10-27-18(12-26)28-19)34(32,33)17-8-6-7-14(3)20(17)22(23,24)25/h6-10,14-16,20H,4-5,11,13H2,1-3H3/t14?,15?,16-,20?/m0/s1. The summed E-state index contributed by atoms with van der Waals surface area (Å²) in [6, 6.07) is 2.48. The summed E-state index contributed by atoms with van der Waals surface area (Å²) < 4.78 is 53.1. The first-order valence-electron chi connectivity index (χ1n) is 10.9. The molecule has 0 saturated carbocycles. The van der Waals surface area contributed by atoms with Gasteiger partial charge in [0.05, 0.1) is 16.1 Å². The number of allylic oxidation sites excluding steroid dienone is 4. The third-order valence-corrected chi connectivity index (χ3v) is 9.22. The van der Waals surface area contributed by atoms with Crippen LogP contribution in [-0.2, 0) is 14.6 Å². The van der Waals surface area contributed by atoms with Crippen molar-refractivity contribution in [1.82, 2.24) is 14.9 Å². The van der Waals surface area contributed by atoms with E-state index in [0.717, 1.165) is 22.6 Å². The molecule has 1 aliphatic heterocycles. The number of likely N-dealkylation sites (N-methyl/N-ethyl adjacent to an activating group) is 1. The molecule has 1 aromatic rings. The molecule has 8 nitrogen and oxygen atoms in total. The molecule has 0 radical (unpaired) electrons. The second-order valence-electron chi connectivity index (χ2n) is 8.26. The van der Waals surface area contributed by atoms with Crippen LogP contribution in [0.5, 0.6) is 0 Å². The van der Waals surface area contributed by atoms with Gasteiger partial charge >= 0.3 is 3.93 Å². The Hall–Kier alpha value is -2.14. The van der Waals surface area contributed by atoms with Crippen molar-refractivity contribution >= 4 is 44.2 Å². The number of sulfone groups is 1. The maximum atomic E-state index is 14.5. The van der Waals surface area contributed by atoms with E-state index < -0.39 is 36.9 Å². The number of carbonyl (C=O) groups excluding carboxylic acids is 1. The van der Waals surface area contributed by atoms with Gasteiger partial charge in [0, 0.05) is 25.8 Å². The van der Waals surface area contributed by atoms with Crippen LogP contribution in [0.1, 0.15) is 33.0 Å². The largest absolute Gasteiger partial charge is 0.343 e. The van der Waals surface area contributed by atoms with Gasteiger partial charge in [-0.2, -0.15) is 14.0 Å². The molecule has 3 unspecified atom stereocenters. The number of alkyl halides is 3. The summed E-state index contributed by atoms with van der Waals surface area (Å²) in [5.74, 6) is -2.32. The first-order chi connectivity index (χ1) is 15.9. The Morgan fingerprint density at radius 1 is 1.38 bits per heavy atom. The van der Waals surface area contributed by atoms with Gasteiger partial charge in [-0.15, -0.1) is 0 Å². The van der Waals surface area contributed by atoms with Gasteiger partial charge in [-0.1, -0.05) is 19.1 Å². The fourth-order valence-corrected chi connectivity index (χ4v) is 7.82. The zero-order chi connectivity index (χ0) is 25.3. The van der Waals surface area contributed by atoms with Crippen LogP contribution in [0.2, 0.25) is 0 Å². The van der Waals surface area contributed by atoms with E-state index in [9.17, 15) is 27.3 Å². The molecule has 0 bridgehead atoms. The highest BCUT2D eigenvalue weighted by Gasteiger charge is 2.51. The third-order valence-electron chi connectivity index (χ3n) is 6.29. The van der Waals surface area contributed by atoms with E-state index in [2.05, 4.69) is 9.97 Å². The van der Waals surface area contributed by atoms with Crippen molar-refractivity contribution in [3.05, 3.63) is 41.2 Å². The Morgan fingerprint density at radius 2 is 2.06 bits per heavy atom. The number of amides is 1. The van der Waals surface area contributed by atoms with Crippen LogP contribution in [-0.4, -0.2) is 64.0 Å². The van der Waals surface area contributed by atoms with Crippen molar-refractivity contribution in [2.24, 2.45) is 11.8 Å². The minimum atomic E-state index is -4.18. The van der Waals surface area contributed by atoms with Gasteiger partial charge in [-0.3, -0.25) is 4.79 Å². The highest BCUT2D eigenvalue weighted by atomic mass is 127. The smallest absolute Gasteiger partial charge is 0.304 e. The van der Waals surface area contributed by atoms with Crippen LogP contribution in [0, 0.1) is 23.2 Å². The molecule has 2 heterocycles. The fourth-order valence-electron chi connectivity index (χ4n) is 4.54. The van der Waals surface area contributed by atoms with Gasteiger partial charge in [-0.25, -0.2) is 18.4 Å². The lowest BCUT2D eigenvalue weighted by molar-refractivity contribution is -0.132. The molecule has 0 aromatic carbocycles. The summed E-state index contributed by atoms with van der Waals surface area (Å²) in [5, 5.41) is 8.08. The molecule has 4 atom stereocenters. The maximum Gasteiger partial charge on any atom is 0.304 e. The van der Waals surface area contributed by atoms with Crippen molar-refractivity contribution in [2.75, 3.05) is 24.5 Å². The Morgan fingerprint density at radius 3 is 2.65 bits per heavy atom. The molecule has 1 aliphatic carbocycles. The molecule has 1 amide bonds. The van der Waals surface area contributed by atoms with E-state index in [1.807, 2.05) is 19.9 Å². The van der Waals surface area contributed by atoms with Crippen molar-refractivity contribution in [3.8, 4) is 6.07 Å². The molecule has 1 saturated heterocycles. The molecule has 184 valence electrons. The third kappa shape index (κ3) is 5.10. The average molecular weight is 605 g/mol. The van der Waals surface area contributed by atoms with Gasteiger partial charge in [0.15, 0.2) is 9.84 Å². The molecule has 1 aromatic heterocycles. The number of aromatic nitrogens is 2. The summed E-state index contributed by atoms with van der Waals surface area (Å²) >= 11 is 0.993. The summed E-state index contributed by atoms with van der Waals surface area (Å²) in [6.45, 7) is 5.95. The SMILES string of the molecule is CCN(CC)C(=O)[C@@H]1CC(S(=O)(=O)C2=CC=CC(C)C2C(F)(F)I)CN1c1ccnc(C#N)n1. The predicted molar refractivity (Wildman–Crippen MR) is 132 cm³/mol.